The molecule has 0 spiro atoms. The van der Waals surface area contributed by atoms with E-state index in [1.54, 1.807) is 18.2 Å². The van der Waals surface area contributed by atoms with Crippen LogP contribution in [0.4, 0.5) is 21.7 Å². The van der Waals surface area contributed by atoms with Gasteiger partial charge in [-0.3, -0.25) is 0 Å². The van der Waals surface area contributed by atoms with E-state index in [2.05, 4.69) is 31.4 Å². The molecule has 1 heterocycles. The SMILES string of the molecule is Nc1ccc(Nc2ccc(F)cc2Br)nn1. The molecule has 2 aromatic rings. The van der Waals surface area contributed by atoms with Gasteiger partial charge in [-0.05, 0) is 46.3 Å². The third-order valence-corrected chi connectivity index (χ3v) is 2.54. The molecule has 3 N–H and O–H groups in total. The average molecular weight is 283 g/mol. The summed E-state index contributed by atoms with van der Waals surface area (Å²) in [7, 11) is 0. The molecule has 16 heavy (non-hydrogen) atoms. The Labute approximate surface area is 99.8 Å². The van der Waals surface area contributed by atoms with E-state index in [0.717, 1.165) is 0 Å². The van der Waals surface area contributed by atoms with Crippen LogP contribution in [0.25, 0.3) is 0 Å². The summed E-state index contributed by atoms with van der Waals surface area (Å²) in [4.78, 5) is 0. The van der Waals surface area contributed by atoms with Crippen LogP contribution in [0.1, 0.15) is 0 Å². The van der Waals surface area contributed by atoms with E-state index in [1.807, 2.05) is 0 Å². The van der Waals surface area contributed by atoms with Crippen molar-refractivity contribution in [3.63, 3.8) is 0 Å². The molecule has 0 fully saturated rings. The van der Waals surface area contributed by atoms with Gasteiger partial charge in [-0.1, -0.05) is 0 Å². The predicted octanol–water partition coefficient (Wildman–Crippen LogP) is 2.70. The first kappa shape index (κ1) is 10.8. The number of anilines is 3. The summed E-state index contributed by atoms with van der Waals surface area (Å²) in [6, 6.07) is 7.66. The highest BCUT2D eigenvalue weighted by Gasteiger charge is 2.02. The number of benzene rings is 1. The van der Waals surface area contributed by atoms with Crippen LogP contribution in [0.2, 0.25) is 0 Å². The van der Waals surface area contributed by atoms with Crippen LogP contribution in [0.15, 0.2) is 34.8 Å². The first-order valence-corrected chi connectivity index (χ1v) is 5.26. The smallest absolute Gasteiger partial charge is 0.153 e. The Morgan fingerprint density at radius 3 is 2.62 bits per heavy atom. The van der Waals surface area contributed by atoms with Gasteiger partial charge in [0.15, 0.2) is 5.82 Å². The quantitative estimate of drug-likeness (QED) is 0.889. The van der Waals surface area contributed by atoms with E-state index in [4.69, 9.17) is 5.73 Å². The Bertz CT molecular complexity index is 501. The Morgan fingerprint density at radius 1 is 1.19 bits per heavy atom. The fraction of sp³-hybridized carbons (Fsp3) is 0. The van der Waals surface area contributed by atoms with E-state index in [0.29, 0.717) is 21.8 Å². The second kappa shape index (κ2) is 4.44. The van der Waals surface area contributed by atoms with Gasteiger partial charge in [-0.25, -0.2) is 4.39 Å². The van der Waals surface area contributed by atoms with E-state index in [1.165, 1.54) is 12.1 Å². The maximum absolute atomic E-state index is 12.8. The normalized spacial score (nSPS) is 10.1. The molecule has 0 unspecified atom stereocenters. The standard InChI is InChI=1S/C10H8BrFN4/c11-7-5-6(12)1-2-8(7)14-10-4-3-9(13)15-16-10/h1-5H,(H2,13,15)(H,14,16). The van der Waals surface area contributed by atoms with E-state index >= 15 is 0 Å². The zero-order chi connectivity index (χ0) is 11.5. The summed E-state index contributed by atoms with van der Waals surface area (Å²) in [5.74, 6) is 0.589. The second-order valence-electron chi connectivity index (χ2n) is 3.09. The molecule has 1 aromatic carbocycles. The summed E-state index contributed by atoms with van der Waals surface area (Å²) in [5.41, 5.74) is 6.12. The molecule has 0 radical (unpaired) electrons. The van der Waals surface area contributed by atoms with Crippen molar-refractivity contribution in [1.82, 2.24) is 10.2 Å². The molecule has 0 atom stereocenters. The molecule has 4 nitrogen and oxygen atoms in total. The molecule has 0 saturated carbocycles. The van der Waals surface area contributed by atoms with Crippen LogP contribution >= 0.6 is 15.9 Å². The molecule has 0 aliphatic heterocycles. The van der Waals surface area contributed by atoms with Crippen molar-refractivity contribution >= 4 is 33.3 Å². The molecular formula is C10H8BrFN4. The van der Waals surface area contributed by atoms with Crippen LogP contribution in [0.3, 0.4) is 0 Å². The third-order valence-electron chi connectivity index (χ3n) is 1.88. The lowest BCUT2D eigenvalue weighted by Crippen LogP contribution is -1.98. The number of hydrogen-bond acceptors (Lipinski definition) is 4. The number of nitrogen functional groups attached to an aromatic ring is 1. The lowest BCUT2D eigenvalue weighted by atomic mass is 10.3. The molecule has 82 valence electrons. The maximum Gasteiger partial charge on any atom is 0.153 e. The minimum atomic E-state index is -0.305. The van der Waals surface area contributed by atoms with Gasteiger partial charge < -0.3 is 11.1 Å². The molecule has 0 amide bonds. The highest BCUT2D eigenvalue weighted by molar-refractivity contribution is 9.10. The number of nitrogens with two attached hydrogens (primary N) is 1. The van der Waals surface area contributed by atoms with Crippen molar-refractivity contribution in [2.75, 3.05) is 11.1 Å². The van der Waals surface area contributed by atoms with Gasteiger partial charge in [-0.2, -0.15) is 0 Å². The predicted molar refractivity (Wildman–Crippen MR) is 63.8 cm³/mol. The highest BCUT2D eigenvalue weighted by atomic mass is 79.9. The van der Waals surface area contributed by atoms with E-state index in [-0.39, 0.29) is 5.82 Å². The summed E-state index contributed by atoms with van der Waals surface area (Å²) >= 11 is 3.24. The van der Waals surface area contributed by atoms with E-state index < -0.39 is 0 Å². The first-order chi connectivity index (χ1) is 7.65. The Kier molecular flexibility index (Phi) is 3.00. The van der Waals surface area contributed by atoms with Crippen LogP contribution < -0.4 is 11.1 Å². The highest BCUT2D eigenvalue weighted by Crippen LogP contribution is 2.25. The maximum atomic E-state index is 12.8. The Balaban J connectivity index is 2.23. The van der Waals surface area contributed by atoms with Gasteiger partial charge in [0.2, 0.25) is 0 Å². The Morgan fingerprint density at radius 2 is 2.00 bits per heavy atom. The van der Waals surface area contributed by atoms with Crippen molar-refractivity contribution in [2.24, 2.45) is 0 Å². The lowest BCUT2D eigenvalue weighted by Gasteiger charge is -2.06. The molecule has 1 aromatic heterocycles. The molecule has 0 saturated heterocycles. The van der Waals surface area contributed by atoms with Gasteiger partial charge in [0, 0.05) is 4.47 Å². The number of nitrogens with zero attached hydrogens (tertiary/aromatic N) is 2. The zero-order valence-corrected chi connectivity index (χ0v) is 9.70. The van der Waals surface area contributed by atoms with E-state index in [9.17, 15) is 4.39 Å². The van der Waals surface area contributed by atoms with Crippen molar-refractivity contribution in [2.45, 2.75) is 0 Å². The average Bonchev–Trinajstić information content (AvgIpc) is 2.25. The summed E-state index contributed by atoms with van der Waals surface area (Å²) in [6.07, 6.45) is 0. The monoisotopic (exact) mass is 282 g/mol. The fourth-order valence-electron chi connectivity index (χ4n) is 1.14. The molecule has 2 rings (SSSR count). The zero-order valence-electron chi connectivity index (χ0n) is 8.11. The van der Waals surface area contributed by atoms with Gasteiger partial charge >= 0.3 is 0 Å². The number of halogens is 2. The van der Waals surface area contributed by atoms with Crippen molar-refractivity contribution in [1.29, 1.82) is 0 Å². The summed E-state index contributed by atoms with van der Waals surface area (Å²) in [6.45, 7) is 0. The molecule has 6 heteroatoms. The molecular weight excluding hydrogens is 275 g/mol. The van der Waals surface area contributed by atoms with Crippen LogP contribution in [0, 0.1) is 5.82 Å². The van der Waals surface area contributed by atoms with Crippen molar-refractivity contribution in [3.05, 3.63) is 40.6 Å². The summed E-state index contributed by atoms with van der Waals surface area (Å²) in [5, 5.41) is 10.5. The summed E-state index contributed by atoms with van der Waals surface area (Å²) < 4.78 is 13.5. The minimum absolute atomic E-state index is 0.305. The third kappa shape index (κ3) is 2.46. The molecule has 0 aliphatic carbocycles. The van der Waals surface area contributed by atoms with Crippen molar-refractivity contribution in [3.8, 4) is 0 Å². The van der Waals surface area contributed by atoms with Crippen molar-refractivity contribution < 1.29 is 4.39 Å². The first-order valence-electron chi connectivity index (χ1n) is 4.46. The molecule has 0 bridgehead atoms. The fourth-order valence-corrected chi connectivity index (χ4v) is 1.59. The van der Waals surface area contributed by atoms with Gasteiger partial charge in [0.1, 0.15) is 11.6 Å². The topological polar surface area (TPSA) is 63.8 Å². The number of nitrogens with one attached hydrogen (secondary N) is 1. The van der Waals surface area contributed by atoms with Crippen LogP contribution in [-0.4, -0.2) is 10.2 Å². The van der Waals surface area contributed by atoms with Gasteiger partial charge in [0.05, 0.1) is 5.69 Å². The molecule has 0 aliphatic rings. The Hall–Kier alpha value is -1.69. The van der Waals surface area contributed by atoms with Crippen LogP contribution in [-0.2, 0) is 0 Å². The minimum Gasteiger partial charge on any atom is -0.382 e. The van der Waals surface area contributed by atoms with Gasteiger partial charge in [-0.15, -0.1) is 10.2 Å². The lowest BCUT2D eigenvalue weighted by molar-refractivity contribution is 0.627. The number of hydrogen-bond donors (Lipinski definition) is 2. The van der Waals surface area contributed by atoms with Crippen LogP contribution in [0.5, 0.6) is 0 Å². The number of rotatable bonds is 2. The largest absolute Gasteiger partial charge is 0.382 e. The number of aromatic nitrogens is 2. The second-order valence-corrected chi connectivity index (χ2v) is 3.95. The van der Waals surface area contributed by atoms with Gasteiger partial charge in [0.25, 0.3) is 0 Å².